The van der Waals surface area contributed by atoms with Gasteiger partial charge in [-0.1, -0.05) is 30.4 Å². The molecule has 3 N–H and O–H groups in total. The second kappa shape index (κ2) is 8.31. The second-order valence-electron chi connectivity index (χ2n) is 7.02. The fourth-order valence-electron chi connectivity index (χ4n) is 2.47. The van der Waals surface area contributed by atoms with E-state index in [1.54, 1.807) is 13.8 Å². The van der Waals surface area contributed by atoms with Gasteiger partial charge in [0.05, 0.1) is 17.7 Å². The maximum Gasteiger partial charge on any atom is 0.318 e. The average molecular weight is 334 g/mol. The van der Waals surface area contributed by atoms with Crippen LogP contribution in [0, 0.1) is 0 Å². The number of hydrogen-bond acceptors (Lipinski definition) is 3. The Balaban J connectivity index is 2.95. The van der Waals surface area contributed by atoms with Gasteiger partial charge in [-0.2, -0.15) is 0 Å². The SMILES string of the molecule is C=C(C)c1cccc(C(C)(C)NC(=O)N(C[C@H](C)O)C[C@@H](C)O)c1. The molecule has 0 aliphatic heterocycles. The van der Waals surface area contributed by atoms with E-state index in [1.807, 2.05) is 45.0 Å². The molecule has 134 valence electrons. The molecule has 0 fully saturated rings. The molecule has 2 amide bonds. The van der Waals surface area contributed by atoms with E-state index in [2.05, 4.69) is 11.9 Å². The third-order valence-corrected chi connectivity index (χ3v) is 3.75. The van der Waals surface area contributed by atoms with Crippen LogP contribution < -0.4 is 5.32 Å². The molecule has 0 saturated carbocycles. The maximum absolute atomic E-state index is 12.6. The van der Waals surface area contributed by atoms with Gasteiger partial charge in [0.2, 0.25) is 0 Å². The number of carbonyl (C=O) groups is 1. The van der Waals surface area contributed by atoms with Gasteiger partial charge in [0, 0.05) is 13.1 Å². The minimum Gasteiger partial charge on any atom is -0.392 e. The molecule has 5 nitrogen and oxygen atoms in total. The summed E-state index contributed by atoms with van der Waals surface area (Å²) in [4.78, 5) is 14.0. The molecule has 0 bridgehead atoms. The summed E-state index contributed by atoms with van der Waals surface area (Å²) in [5.41, 5.74) is 2.35. The first-order valence-electron chi connectivity index (χ1n) is 8.22. The van der Waals surface area contributed by atoms with E-state index in [-0.39, 0.29) is 19.1 Å². The average Bonchev–Trinajstić information content (AvgIpc) is 2.45. The van der Waals surface area contributed by atoms with Crippen LogP contribution in [-0.2, 0) is 5.54 Å². The van der Waals surface area contributed by atoms with Gasteiger partial charge < -0.3 is 20.4 Å². The summed E-state index contributed by atoms with van der Waals surface area (Å²) in [5.74, 6) is 0. The third kappa shape index (κ3) is 5.98. The number of carbonyl (C=O) groups excluding carboxylic acids is 1. The molecule has 0 aliphatic rings. The van der Waals surface area contributed by atoms with Gasteiger partial charge in [-0.15, -0.1) is 0 Å². The van der Waals surface area contributed by atoms with Crippen molar-refractivity contribution in [1.29, 1.82) is 0 Å². The number of nitrogens with one attached hydrogen (secondary N) is 1. The molecule has 5 heteroatoms. The van der Waals surface area contributed by atoms with E-state index in [9.17, 15) is 15.0 Å². The van der Waals surface area contributed by atoms with Crippen LogP contribution in [0.15, 0.2) is 30.8 Å². The highest BCUT2D eigenvalue weighted by atomic mass is 16.3. The van der Waals surface area contributed by atoms with Crippen LogP contribution in [-0.4, -0.2) is 46.4 Å². The molecule has 0 heterocycles. The predicted octanol–water partition coefficient (Wildman–Crippen LogP) is 2.73. The minimum absolute atomic E-state index is 0.165. The summed E-state index contributed by atoms with van der Waals surface area (Å²) >= 11 is 0. The van der Waals surface area contributed by atoms with Crippen molar-refractivity contribution in [3.05, 3.63) is 42.0 Å². The minimum atomic E-state index is -0.663. The van der Waals surface area contributed by atoms with E-state index in [1.165, 1.54) is 4.90 Å². The molecule has 0 aromatic heterocycles. The number of urea groups is 1. The van der Waals surface area contributed by atoms with Gasteiger partial charge >= 0.3 is 6.03 Å². The van der Waals surface area contributed by atoms with Gasteiger partial charge in [-0.05, 0) is 51.8 Å². The highest BCUT2D eigenvalue weighted by Crippen LogP contribution is 2.23. The number of benzene rings is 1. The Morgan fingerprint density at radius 2 is 1.79 bits per heavy atom. The fourth-order valence-corrected chi connectivity index (χ4v) is 2.47. The molecular formula is C19H30N2O3. The van der Waals surface area contributed by atoms with Gasteiger partial charge in [0.25, 0.3) is 0 Å². The van der Waals surface area contributed by atoms with E-state index in [4.69, 9.17) is 0 Å². The molecule has 24 heavy (non-hydrogen) atoms. The number of amides is 2. The van der Waals surface area contributed by atoms with Crippen LogP contribution >= 0.6 is 0 Å². The second-order valence-corrected chi connectivity index (χ2v) is 7.02. The predicted molar refractivity (Wildman–Crippen MR) is 97.6 cm³/mol. The fraction of sp³-hybridized carbons (Fsp3) is 0.526. The monoisotopic (exact) mass is 334 g/mol. The molecule has 1 aromatic carbocycles. The van der Waals surface area contributed by atoms with Crippen LogP contribution in [0.1, 0.15) is 45.7 Å². The highest BCUT2D eigenvalue weighted by Gasteiger charge is 2.27. The molecule has 0 radical (unpaired) electrons. The lowest BCUT2D eigenvalue weighted by Crippen LogP contribution is -2.51. The quantitative estimate of drug-likeness (QED) is 0.718. The molecular weight excluding hydrogens is 304 g/mol. The zero-order valence-corrected chi connectivity index (χ0v) is 15.3. The van der Waals surface area contributed by atoms with Crippen LogP contribution in [0.4, 0.5) is 4.79 Å². The molecule has 1 rings (SSSR count). The van der Waals surface area contributed by atoms with Crippen molar-refractivity contribution in [2.45, 2.75) is 52.4 Å². The number of rotatable bonds is 7. The lowest BCUT2D eigenvalue weighted by Gasteiger charge is -2.33. The van der Waals surface area contributed by atoms with Crippen molar-refractivity contribution in [2.75, 3.05) is 13.1 Å². The highest BCUT2D eigenvalue weighted by molar-refractivity contribution is 5.75. The van der Waals surface area contributed by atoms with Crippen LogP contribution in [0.25, 0.3) is 5.57 Å². The molecule has 2 atom stereocenters. The topological polar surface area (TPSA) is 72.8 Å². The molecule has 0 aliphatic carbocycles. The first-order chi connectivity index (χ1) is 11.0. The van der Waals surface area contributed by atoms with Gasteiger partial charge in [-0.25, -0.2) is 4.79 Å². The number of aliphatic hydroxyl groups excluding tert-OH is 2. The van der Waals surface area contributed by atoms with E-state index < -0.39 is 17.7 Å². The Morgan fingerprint density at radius 3 is 2.25 bits per heavy atom. The van der Waals surface area contributed by atoms with Crippen LogP contribution in [0.3, 0.4) is 0 Å². The first-order valence-corrected chi connectivity index (χ1v) is 8.22. The molecule has 1 aromatic rings. The molecule has 0 spiro atoms. The Labute approximate surface area is 145 Å². The van der Waals surface area contributed by atoms with Gasteiger partial charge in [0.15, 0.2) is 0 Å². The Hall–Kier alpha value is -1.85. The third-order valence-electron chi connectivity index (χ3n) is 3.75. The Morgan fingerprint density at radius 1 is 1.25 bits per heavy atom. The van der Waals surface area contributed by atoms with Gasteiger partial charge in [-0.3, -0.25) is 0 Å². The largest absolute Gasteiger partial charge is 0.392 e. The van der Waals surface area contributed by atoms with Crippen molar-refractivity contribution in [3.63, 3.8) is 0 Å². The standard InChI is InChI=1S/C19H30N2O3/c1-13(2)16-8-7-9-17(10-16)19(5,6)20-18(24)21(11-14(3)22)12-15(4)23/h7-10,14-15,22-23H,1,11-12H2,2-6H3,(H,20,24)/t14-,15+. The number of nitrogens with zero attached hydrogens (tertiary/aromatic N) is 1. The van der Waals surface area contributed by atoms with Gasteiger partial charge in [0.1, 0.15) is 0 Å². The van der Waals surface area contributed by atoms with Crippen LogP contribution in [0.5, 0.6) is 0 Å². The van der Waals surface area contributed by atoms with Crippen molar-refractivity contribution in [2.24, 2.45) is 0 Å². The zero-order valence-electron chi connectivity index (χ0n) is 15.3. The summed E-state index contributed by atoms with van der Waals surface area (Å²) in [6.07, 6.45) is -1.33. The maximum atomic E-state index is 12.6. The normalized spacial score (nSPS) is 14.0. The van der Waals surface area contributed by atoms with Crippen LogP contribution in [0.2, 0.25) is 0 Å². The summed E-state index contributed by atoms with van der Waals surface area (Å²) < 4.78 is 0. The number of hydrogen-bond donors (Lipinski definition) is 3. The molecule has 0 unspecified atom stereocenters. The number of aliphatic hydroxyl groups is 2. The van der Waals surface area contributed by atoms with E-state index >= 15 is 0 Å². The van der Waals surface area contributed by atoms with Crippen molar-refractivity contribution >= 4 is 11.6 Å². The lowest BCUT2D eigenvalue weighted by molar-refractivity contribution is 0.0935. The van der Waals surface area contributed by atoms with E-state index in [0.717, 1.165) is 16.7 Å². The van der Waals surface area contributed by atoms with Crippen molar-refractivity contribution in [3.8, 4) is 0 Å². The number of allylic oxidation sites excluding steroid dienone is 1. The smallest absolute Gasteiger partial charge is 0.318 e. The summed E-state index contributed by atoms with van der Waals surface area (Å²) in [7, 11) is 0. The summed E-state index contributed by atoms with van der Waals surface area (Å²) in [6, 6.07) is 7.58. The molecule has 0 saturated heterocycles. The Kier molecular flexibility index (Phi) is 6.99. The summed E-state index contributed by atoms with van der Waals surface area (Å²) in [6.45, 7) is 13.3. The lowest BCUT2D eigenvalue weighted by atomic mass is 9.92. The Bertz CT molecular complexity index is 570. The van der Waals surface area contributed by atoms with Crippen molar-refractivity contribution in [1.82, 2.24) is 10.2 Å². The van der Waals surface area contributed by atoms with E-state index in [0.29, 0.717) is 0 Å². The summed E-state index contributed by atoms with van der Waals surface area (Å²) in [5, 5.41) is 22.2. The first kappa shape index (κ1) is 20.2. The zero-order chi connectivity index (χ0) is 18.5. The van der Waals surface area contributed by atoms with Crippen molar-refractivity contribution < 1.29 is 15.0 Å².